The molecule has 9 heteroatoms. The summed E-state index contributed by atoms with van der Waals surface area (Å²) >= 11 is 7.19. The van der Waals surface area contributed by atoms with Gasteiger partial charge in [-0.15, -0.1) is 11.3 Å². The van der Waals surface area contributed by atoms with Crippen molar-refractivity contribution in [1.82, 2.24) is 9.71 Å². The maximum Gasteiger partial charge on any atom is 0.242 e. The van der Waals surface area contributed by atoms with Gasteiger partial charge in [0, 0.05) is 11.1 Å². The third kappa shape index (κ3) is 3.70. The molecule has 3 N–H and O–H groups in total. The van der Waals surface area contributed by atoms with Crippen LogP contribution in [0.4, 0.5) is 10.1 Å². The number of hydrogen-bond donors (Lipinski definition) is 2. The molecule has 1 heterocycles. The molecule has 0 amide bonds. The lowest BCUT2D eigenvalue weighted by Crippen LogP contribution is -2.23. The Bertz CT molecular complexity index is 762. The third-order valence-corrected chi connectivity index (χ3v) is 5.71. The van der Waals surface area contributed by atoms with E-state index >= 15 is 0 Å². The lowest BCUT2D eigenvalue weighted by Gasteiger charge is -2.08. The molecular weight excluding hydrogens is 337 g/mol. The van der Waals surface area contributed by atoms with Crippen molar-refractivity contribution in [3.05, 3.63) is 39.1 Å². The Hall–Kier alpha value is -1.22. The van der Waals surface area contributed by atoms with Crippen LogP contribution in [0.5, 0.6) is 0 Å². The van der Waals surface area contributed by atoms with Gasteiger partial charge in [-0.25, -0.2) is 22.5 Å². The van der Waals surface area contributed by atoms with Gasteiger partial charge in [0.2, 0.25) is 10.0 Å². The number of rotatable bonds is 5. The van der Waals surface area contributed by atoms with Gasteiger partial charge in [-0.2, -0.15) is 0 Å². The van der Waals surface area contributed by atoms with E-state index in [1.54, 1.807) is 6.20 Å². The zero-order chi connectivity index (χ0) is 15.6. The van der Waals surface area contributed by atoms with Gasteiger partial charge in [0.15, 0.2) is 0 Å². The molecule has 21 heavy (non-hydrogen) atoms. The summed E-state index contributed by atoms with van der Waals surface area (Å²) in [6.45, 7) is 2.03. The molecule has 0 saturated heterocycles. The van der Waals surface area contributed by atoms with Gasteiger partial charge in [0.1, 0.15) is 15.7 Å². The average Bonchev–Trinajstić information content (AvgIpc) is 2.88. The van der Waals surface area contributed by atoms with Crippen molar-refractivity contribution >= 4 is 38.6 Å². The van der Waals surface area contributed by atoms with E-state index in [1.165, 1.54) is 11.3 Å². The molecule has 0 aliphatic rings. The molecule has 0 bridgehead atoms. The summed E-state index contributed by atoms with van der Waals surface area (Å²) in [6.07, 6.45) is 2.54. The molecule has 0 aliphatic carbocycles. The lowest BCUT2D eigenvalue weighted by molar-refractivity contribution is 0.580. The fourth-order valence-corrected chi connectivity index (χ4v) is 4.01. The minimum Gasteiger partial charge on any atom is -0.396 e. The molecule has 1 aromatic carbocycles. The van der Waals surface area contributed by atoms with Crippen LogP contribution >= 0.6 is 22.9 Å². The minimum atomic E-state index is -3.89. The molecule has 5 nitrogen and oxygen atoms in total. The SMILES string of the molecule is CCc1cnc(CNS(=O)(=O)c2cc(N)c(F)cc2Cl)s1. The Labute approximate surface area is 131 Å². The summed E-state index contributed by atoms with van der Waals surface area (Å²) in [5.41, 5.74) is 5.10. The van der Waals surface area contributed by atoms with Gasteiger partial charge in [-0.3, -0.25) is 0 Å². The number of nitrogen functional groups attached to an aromatic ring is 1. The highest BCUT2D eigenvalue weighted by Gasteiger charge is 2.20. The minimum absolute atomic E-state index is 0.0423. The molecule has 0 radical (unpaired) electrons. The number of sulfonamides is 1. The second-order valence-electron chi connectivity index (χ2n) is 4.20. The smallest absolute Gasteiger partial charge is 0.242 e. The molecule has 0 saturated carbocycles. The largest absolute Gasteiger partial charge is 0.396 e. The van der Waals surface area contributed by atoms with E-state index < -0.39 is 15.8 Å². The zero-order valence-electron chi connectivity index (χ0n) is 11.1. The number of thiazole rings is 1. The summed E-state index contributed by atoms with van der Waals surface area (Å²) in [4.78, 5) is 4.92. The van der Waals surface area contributed by atoms with Crippen molar-refractivity contribution in [3.63, 3.8) is 0 Å². The van der Waals surface area contributed by atoms with Crippen LogP contribution < -0.4 is 10.5 Å². The van der Waals surface area contributed by atoms with Crippen LogP contribution in [0.1, 0.15) is 16.8 Å². The number of halogens is 2. The summed E-state index contributed by atoms with van der Waals surface area (Å²) in [6, 6.07) is 1.88. The van der Waals surface area contributed by atoms with Gasteiger partial charge >= 0.3 is 0 Å². The van der Waals surface area contributed by atoms with E-state index in [4.69, 9.17) is 17.3 Å². The molecule has 2 rings (SSSR count). The van der Waals surface area contributed by atoms with Gasteiger partial charge < -0.3 is 5.73 Å². The first kappa shape index (κ1) is 16.2. The average molecular weight is 350 g/mol. The van der Waals surface area contributed by atoms with Crippen molar-refractivity contribution in [3.8, 4) is 0 Å². The van der Waals surface area contributed by atoms with E-state index in [0.29, 0.717) is 5.01 Å². The summed E-state index contributed by atoms with van der Waals surface area (Å²) in [7, 11) is -3.89. The van der Waals surface area contributed by atoms with Crippen LogP contribution in [0.2, 0.25) is 5.02 Å². The van der Waals surface area contributed by atoms with E-state index in [1.807, 2.05) is 6.92 Å². The number of nitrogens with two attached hydrogens (primary N) is 1. The zero-order valence-corrected chi connectivity index (χ0v) is 13.4. The molecule has 0 atom stereocenters. The van der Waals surface area contributed by atoms with Crippen LogP contribution in [0.15, 0.2) is 23.2 Å². The second kappa shape index (κ2) is 6.27. The van der Waals surface area contributed by atoms with Crippen LogP contribution in [0, 0.1) is 5.82 Å². The first-order chi connectivity index (χ1) is 9.83. The fourth-order valence-electron chi connectivity index (χ4n) is 1.58. The predicted octanol–water partition coefficient (Wildman–Crippen LogP) is 2.56. The summed E-state index contributed by atoms with van der Waals surface area (Å²) in [5.74, 6) is -0.758. The van der Waals surface area contributed by atoms with Gasteiger partial charge in [0.05, 0.1) is 17.3 Å². The monoisotopic (exact) mass is 349 g/mol. The Morgan fingerprint density at radius 3 is 2.81 bits per heavy atom. The second-order valence-corrected chi connectivity index (χ2v) is 7.54. The first-order valence-corrected chi connectivity index (χ1v) is 8.69. The Balaban J connectivity index is 2.20. The molecular formula is C12H13ClFN3O2S2. The van der Waals surface area contributed by atoms with Crippen LogP contribution in [-0.2, 0) is 23.0 Å². The van der Waals surface area contributed by atoms with E-state index in [9.17, 15) is 12.8 Å². The summed E-state index contributed by atoms with van der Waals surface area (Å²) in [5, 5.41) is 0.421. The van der Waals surface area contributed by atoms with Crippen molar-refractivity contribution in [2.24, 2.45) is 0 Å². The topological polar surface area (TPSA) is 85.1 Å². The Morgan fingerprint density at radius 1 is 1.48 bits per heavy atom. The number of benzene rings is 1. The molecule has 0 fully saturated rings. The Morgan fingerprint density at radius 2 is 2.19 bits per heavy atom. The fraction of sp³-hybridized carbons (Fsp3) is 0.250. The molecule has 1 aromatic heterocycles. The van der Waals surface area contributed by atoms with E-state index in [0.717, 1.165) is 23.4 Å². The number of anilines is 1. The highest BCUT2D eigenvalue weighted by Crippen LogP contribution is 2.26. The number of aryl methyl sites for hydroxylation is 1. The van der Waals surface area contributed by atoms with Gasteiger partial charge in [-0.1, -0.05) is 18.5 Å². The number of nitrogens with zero attached hydrogens (tertiary/aromatic N) is 1. The van der Waals surface area contributed by atoms with Crippen LogP contribution in [-0.4, -0.2) is 13.4 Å². The molecule has 2 aromatic rings. The number of nitrogens with one attached hydrogen (secondary N) is 1. The van der Waals surface area contributed by atoms with Crippen molar-refractivity contribution in [2.45, 2.75) is 24.8 Å². The standard InChI is InChI=1S/C12H13ClFN3O2S2/c1-2-7-5-16-12(20-7)6-17-21(18,19)11-4-10(15)9(14)3-8(11)13/h3-5,17H,2,6,15H2,1H3. The van der Waals surface area contributed by atoms with Crippen LogP contribution in [0.25, 0.3) is 0 Å². The molecule has 0 aliphatic heterocycles. The number of hydrogen-bond acceptors (Lipinski definition) is 5. The highest BCUT2D eigenvalue weighted by molar-refractivity contribution is 7.89. The van der Waals surface area contributed by atoms with Crippen molar-refractivity contribution in [1.29, 1.82) is 0 Å². The van der Waals surface area contributed by atoms with Gasteiger partial charge in [-0.05, 0) is 18.6 Å². The summed E-state index contributed by atoms with van der Waals surface area (Å²) < 4.78 is 39.9. The van der Waals surface area contributed by atoms with Crippen molar-refractivity contribution < 1.29 is 12.8 Å². The maximum absolute atomic E-state index is 13.2. The lowest BCUT2D eigenvalue weighted by atomic mass is 10.3. The Kier molecular flexibility index (Phi) is 4.82. The first-order valence-electron chi connectivity index (χ1n) is 6.01. The van der Waals surface area contributed by atoms with Crippen LogP contribution in [0.3, 0.4) is 0 Å². The predicted molar refractivity (Wildman–Crippen MR) is 81.3 cm³/mol. The third-order valence-electron chi connectivity index (χ3n) is 2.70. The quantitative estimate of drug-likeness (QED) is 0.812. The molecule has 0 unspecified atom stereocenters. The molecule has 114 valence electrons. The van der Waals surface area contributed by atoms with E-state index in [2.05, 4.69) is 9.71 Å². The normalized spacial score (nSPS) is 11.8. The number of aromatic nitrogens is 1. The molecule has 0 spiro atoms. The maximum atomic E-state index is 13.2. The van der Waals surface area contributed by atoms with Crippen molar-refractivity contribution in [2.75, 3.05) is 5.73 Å². The van der Waals surface area contributed by atoms with E-state index in [-0.39, 0.29) is 22.2 Å². The highest BCUT2D eigenvalue weighted by atomic mass is 35.5. The van der Waals surface area contributed by atoms with Gasteiger partial charge in [0.25, 0.3) is 0 Å².